The maximum Gasteiger partial charge on any atom is 0.172 e. The van der Waals surface area contributed by atoms with E-state index in [0.717, 1.165) is 12.1 Å². The monoisotopic (exact) mass is 374 g/mol. The zero-order valence-corrected chi connectivity index (χ0v) is 15.0. The minimum absolute atomic E-state index is 0.244. The van der Waals surface area contributed by atoms with Crippen molar-refractivity contribution >= 4 is 0 Å². The molecule has 142 valence electrons. The van der Waals surface area contributed by atoms with Gasteiger partial charge in [0, 0.05) is 24.6 Å². The van der Waals surface area contributed by atoms with E-state index in [0.29, 0.717) is 30.3 Å². The fraction of sp³-hybridized carbons (Fsp3) is 0.412. The maximum atomic E-state index is 13.8. The van der Waals surface area contributed by atoms with Gasteiger partial charge in [-0.3, -0.25) is 10.9 Å². The second-order valence-corrected chi connectivity index (χ2v) is 6.78. The highest BCUT2D eigenvalue weighted by Crippen LogP contribution is 2.22. The first-order valence-corrected chi connectivity index (χ1v) is 8.75. The SMILES string of the molecule is CC1NNC(C)C1Cc1nc(Cn2cncn2)nn1-c1ccc(F)c(F)c1. The molecule has 0 bridgehead atoms. The van der Waals surface area contributed by atoms with E-state index in [4.69, 9.17) is 0 Å². The van der Waals surface area contributed by atoms with Gasteiger partial charge in [0.05, 0.1) is 5.69 Å². The molecular weight excluding hydrogens is 354 g/mol. The number of nitrogens with one attached hydrogen (secondary N) is 2. The lowest BCUT2D eigenvalue weighted by Gasteiger charge is -2.17. The Bertz CT molecular complexity index is 913. The molecule has 2 N–H and O–H groups in total. The third kappa shape index (κ3) is 3.58. The zero-order chi connectivity index (χ0) is 19.0. The number of hydrazine groups is 1. The van der Waals surface area contributed by atoms with Crippen LogP contribution in [0, 0.1) is 17.6 Å². The van der Waals surface area contributed by atoms with Crippen molar-refractivity contribution in [1.82, 2.24) is 40.4 Å². The van der Waals surface area contributed by atoms with Crippen molar-refractivity contribution in [3.8, 4) is 5.69 Å². The van der Waals surface area contributed by atoms with E-state index < -0.39 is 11.6 Å². The molecule has 1 fully saturated rings. The van der Waals surface area contributed by atoms with Crippen LogP contribution in [0.2, 0.25) is 0 Å². The highest BCUT2D eigenvalue weighted by atomic mass is 19.2. The molecule has 0 saturated carbocycles. The number of hydrogen-bond acceptors (Lipinski definition) is 6. The molecule has 2 atom stereocenters. The van der Waals surface area contributed by atoms with E-state index in [2.05, 4.69) is 44.9 Å². The molecule has 1 aliphatic rings. The molecule has 0 spiro atoms. The summed E-state index contributed by atoms with van der Waals surface area (Å²) in [5, 5.41) is 8.57. The van der Waals surface area contributed by atoms with E-state index in [-0.39, 0.29) is 18.0 Å². The Hall–Kier alpha value is -2.72. The minimum Gasteiger partial charge on any atom is -0.254 e. The molecule has 0 aliphatic carbocycles. The van der Waals surface area contributed by atoms with Gasteiger partial charge in [-0.25, -0.2) is 28.1 Å². The van der Waals surface area contributed by atoms with Crippen molar-refractivity contribution in [3.63, 3.8) is 0 Å². The number of aromatic nitrogens is 6. The first kappa shape index (κ1) is 17.7. The Morgan fingerprint density at radius 2 is 1.89 bits per heavy atom. The molecule has 0 radical (unpaired) electrons. The van der Waals surface area contributed by atoms with Gasteiger partial charge in [0.2, 0.25) is 0 Å². The molecule has 1 aliphatic heterocycles. The molecular formula is C17H20F2N8. The summed E-state index contributed by atoms with van der Waals surface area (Å²) in [6.45, 7) is 4.53. The summed E-state index contributed by atoms with van der Waals surface area (Å²) in [5.41, 5.74) is 6.87. The molecule has 1 saturated heterocycles. The standard InChI is InChI=1S/C17H20F2N8/c1-10-13(11(2)24-23-10)6-17-22-16(7-26-9-20-8-21-26)25-27(17)12-3-4-14(18)15(19)5-12/h3-5,8-11,13,23-24H,6-7H2,1-2H3. The second kappa shape index (κ2) is 7.12. The predicted octanol–water partition coefficient (Wildman–Crippen LogP) is 1.23. The van der Waals surface area contributed by atoms with Gasteiger partial charge in [0.25, 0.3) is 0 Å². The van der Waals surface area contributed by atoms with Crippen LogP contribution in [0.15, 0.2) is 30.9 Å². The summed E-state index contributed by atoms with van der Waals surface area (Å²) in [7, 11) is 0. The molecule has 1 aromatic carbocycles. The normalized spacial score (nSPS) is 22.4. The molecule has 27 heavy (non-hydrogen) atoms. The van der Waals surface area contributed by atoms with E-state index in [1.54, 1.807) is 15.7 Å². The van der Waals surface area contributed by atoms with Gasteiger partial charge in [-0.05, 0) is 31.9 Å². The van der Waals surface area contributed by atoms with Crippen molar-refractivity contribution in [1.29, 1.82) is 0 Å². The Labute approximate surface area is 154 Å². The molecule has 4 rings (SSSR count). The predicted molar refractivity (Wildman–Crippen MR) is 92.8 cm³/mol. The Morgan fingerprint density at radius 1 is 1.11 bits per heavy atom. The molecule has 10 heteroatoms. The van der Waals surface area contributed by atoms with Crippen molar-refractivity contribution in [2.75, 3.05) is 0 Å². The van der Waals surface area contributed by atoms with E-state index in [1.165, 1.54) is 12.4 Å². The topological polar surface area (TPSA) is 85.5 Å². The number of halogens is 2. The third-order valence-electron chi connectivity index (χ3n) is 4.88. The first-order valence-electron chi connectivity index (χ1n) is 8.75. The van der Waals surface area contributed by atoms with Gasteiger partial charge >= 0.3 is 0 Å². The summed E-state index contributed by atoms with van der Waals surface area (Å²) in [6, 6.07) is 4.21. The van der Waals surface area contributed by atoms with E-state index >= 15 is 0 Å². The van der Waals surface area contributed by atoms with Crippen LogP contribution in [0.25, 0.3) is 5.69 Å². The van der Waals surface area contributed by atoms with Gasteiger partial charge in [-0.2, -0.15) is 5.10 Å². The summed E-state index contributed by atoms with van der Waals surface area (Å²) in [6.07, 6.45) is 3.64. The highest BCUT2D eigenvalue weighted by molar-refractivity contribution is 5.33. The molecule has 0 amide bonds. The van der Waals surface area contributed by atoms with Crippen LogP contribution in [0.3, 0.4) is 0 Å². The van der Waals surface area contributed by atoms with Crippen LogP contribution < -0.4 is 10.9 Å². The molecule has 8 nitrogen and oxygen atoms in total. The molecule has 2 unspecified atom stereocenters. The Balaban J connectivity index is 1.70. The minimum atomic E-state index is -0.919. The van der Waals surface area contributed by atoms with Crippen molar-refractivity contribution < 1.29 is 8.78 Å². The van der Waals surface area contributed by atoms with E-state index in [1.807, 2.05) is 0 Å². The fourth-order valence-corrected chi connectivity index (χ4v) is 3.35. The highest BCUT2D eigenvalue weighted by Gasteiger charge is 2.31. The first-order chi connectivity index (χ1) is 13.0. The van der Waals surface area contributed by atoms with Crippen LogP contribution in [-0.4, -0.2) is 41.6 Å². The van der Waals surface area contributed by atoms with Gasteiger partial charge in [0.15, 0.2) is 17.5 Å². The number of benzene rings is 1. The molecule has 3 heterocycles. The summed E-state index contributed by atoms with van der Waals surface area (Å²) in [5.74, 6) is -0.324. The average Bonchev–Trinajstić information content (AvgIpc) is 3.36. The summed E-state index contributed by atoms with van der Waals surface area (Å²) < 4.78 is 30.3. The Kier molecular flexibility index (Phi) is 4.66. The molecule has 3 aromatic rings. The van der Waals surface area contributed by atoms with Crippen LogP contribution in [0.1, 0.15) is 25.5 Å². The average molecular weight is 374 g/mol. The fourth-order valence-electron chi connectivity index (χ4n) is 3.35. The van der Waals surface area contributed by atoms with Crippen LogP contribution in [0.4, 0.5) is 8.78 Å². The smallest absolute Gasteiger partial charge is 0.172 e. The van der Waals surface area contributed by atoms with Gasteiger partial charge in [0.1, 0.15) is 25.0 Å². The lowest BCUT2D eigenvalue weighted by molar-refractivity contribution is 0.428. The number of hydrogen-bond donors (Lipinski definition) is 2. The summed E-state index contributed by atoms with van der Waals surface area (Å²) >= 11 is 0. The Morgan fingerprint density at radius 3 is 2.56 bits per heavy atom. The van der Waals surface area contributed by atoms with Crippen LogP contribution >= 0.6 is 0 Å². The maximum absolute atomic E-state index is 13.8. The van der Waals surface area contributed by atoms with Gasteiger partial charge in [-0.15, -0.1) is 5.10 Å². The third-order valence-corrected chi connectivity index (χ3v) is 4.88. The quantitative estimate of drug-likeness (QED) is 0.699. The lowest BCUT2D eigenvalue weighted by Crippen LogP contribution is -2.30. The number of nitrogens with zero attached hydrogens (tertiary/aromatic N) is 6. The van der Waals surface area contributed by atoms with E-state index in [9.17, 15) is 8.78 Å². The molecule has 2 aromatic heterocycles. The summed E-state index contributed by atoms with van der Waals surface area (Å²) in [4.78, 5) is 8.55. The van der Waals surface area contributed by atoms with Crippen LogP contribution in [0.5, 0.6) is 0 Å². The second-order valence-electron chi connectivity index (χ2n) is 6.78. The van der Waals surface area contributed by atoms with Gasteiger partial charge in [-0.1, -0.05) is 0 Å². The van der Waals surface area contributed by atoms with Crippen LogP contribution in [-0.2, 0) is 13.0 Å². The number of rotatable bonds is 5. The van der Waals surface area contributed by atoms with Crippen molar-refractivity contribution in [2.45, 2.75) is 38.9 Å². The van der Waals surface area contributed by atoms with Gasteiger partial charge < -0.3 is 0 Å². The lowest BCUT2D eigenvalue weighted by atomic mass is 9.93. The van der Waals surface area contributed by atoms with Crippen molar-refractivity contribution in [2.24, 2.45) is 5.92 Å². The largest absolute Gasteiger partial charge is 0.254 e. The van der Waals surface area contributed by atoms with Crippen molar-refractivity contribution in [3.05, 3.63) is 54.1 Å². The zero-order valence-electron chi connectivity index (χ0n) is 15.0.